The molecule has 1 amide bonds. The zero-order valence-corrected chi connectivity index (χ0v) is 13.7. The summed E-state index contributed by atoms with van der Waals surface area (Å²) in [6, 6.07) is 0. The average Bonchev–Trinajstić information content (AvgIpc) is 2.37. The fraction of sp³-hybridized carbons (Fsp3) is 0.867. The molecule has 2 atom stereocenters. The molecule has 0 aromatic rings. The Morgan fingerprint density at radius 3 is 2.57 bits per heavy atom. The maximum Gasteiger partial charge on any atom is 0.410 e. The maximum atomic E-state index is 12.0. The van der Waals surface area contributed by atoms with E-state index in [4.69, 9.17) is 14.2 Å². The van der Waals surface area contributed by atoms with Crippen molar-refractivity contribution in [1.82, 2.24) is 4.90 Å². The highest BCUT2D eigenvalue weighted by atomic mass is 16.6. The van der Waals surface area contributed by atoms with E-state index in [9.17, 15) is 9.59 Å². The monoisotopic (exact) mass is 301 g/mol. The van der Waals surface area contributed by atoms with Gasteiger partial charge in [-0.2, -0.15) is 0 Å². The number of ether oxygens (including phenoxy) is 3. The highest BCUT2D eigenvalue weighted by Crippen LogP contribution is 2.17. The molecule has 2 unspecified atom stereocenters. The van der Waals surface area contributed by atoms with Crippen LogP contribution in [0.2, 0.25) is 0 Å². The first-order chi connectivity index (χ1) is 9.73. The Kier molecular flexibility index (Phi) is 6.45. The van der Waals surface area contributed by atoms with Crippen molar-refractivity contribution in [3.8, 4) is 0 Å². The lowest BCUT2D eigenvalue weighted by molar-refractivity contribution is -0.163. The number of piperidine rings is 1. The first-order valence-corrected chi connectivity index (χ1v) is 7.53. The summed E-state index contributed by atoms with van der Waals surface area (Å²) in [5, 5.41) is 0. The van der Waals surface area contributed by atoms with Crippen molar-refractivity contribution in [2.24, 2.45) is 0 Å². The molecule has 0 aromatic carbocycles. The molecule has 6 heteroatoms. The summed E-state index contributed by atoms with van der Waals surface area (Å²) in [6.45, 7) is 10.5. The van der Waals surface area contributed by atoms with Crippen LogP contribution in [0.5, 0.6) is 0 Å². The lowest BCUT2D eigenvalue weighted by atomic mass is 10.1. The fourth-order valence-corrected chi connectivity index (χ4v) is 2.10. The van der Waals surface area contributed by atoms with E-state index in [0.717, 1.165) is 12.8 Å². The van der Waals surface area contributed by atoms with E-state index in [2.05, 4.69) is 0 Å². The Bertz CT molecular complexity index is 364. The smallest absolute Gasteiger partial charge is 0.410 e. The van der Waals surface area contributed by atoms with Crippen molar-refractivity contribution >= 4 is 12.1 Å². The number of esters is 1. The van der Waals surface area contributed by atoms with Gasteiger partial charge in [-0.3, -0.25) is 0 Å². The van der Waals surface area contributed by atoms with Crippen molar-refractivity contribution in [2.45, 2.75) is 65.3 Å². The third-order valence-corrected chi connectivity index (χ3v) is 3.06. The number of likely N-dealkylation sites (tertiary alicyclic amines) is 1. The van der Waals surface area contributed by atoms with Gasteiger partial charge in [-0.05, 0) is 47.5 Å². The van der Waals surface area contributed by atoms with Gasteiger partial charge in [0.25, 0.3) is 0 Å². The van der Waals surface area contributed by atoms with Crippen LogP contribution in [0.1, 0.15) is 47.5 Å². The minimum absolute atomic E-state index is 0.290. The van der Waals surface area contributed by atoms with Crippen molar-refractivity contribution in [1.29, 1.82) is 0 Å². The van der Waals surface area contributed by atoms with Gasteiger partial charge >= 0.3 is 12.1 Å². The summed E-state index contributed by atoms with van der Waals surface area (Å²) in [5.41, 5.74) is -0.524. The third kappa shape index (κ3) is 6.33. The van der Waals surface area contributed by atoms with Gasteiger partial charge in [0.1, 0.15) is 11.7 Å². The van der Waals surface area contributed by atoms with Crippen molar-refractivity contribution in [3.63, 3.8) is 0 Å². The quantitative estimate of drug-likeness (QED) is 0.746. The van der Waals surface area contributed by atoms with Gasteiger partial charge in [-0.1, -0.05) is 0 Å². The van der Waals surface area contributed by atoms with Crippen LogP contribution in [0.25, 0.3) is 0 Å². The molecule has 1 saturated heterocycles. The molecule has 1 heterocycles. The van der Waals surface area contributed by atoms with Crippen LogP contribution in [0.3, 0.4) is 0 Å². The Hall–Kier alpha value is -1.30. The van der Waals surface area contributed by atoms with Crippen molar-refractivity contribution in [2.75, 3.05) is 19.7 Å². The number of amides is 1. The van der Waals surface area contributed by atoms with Gasteiger partial charge in [-0.15, -0.1) is 0 Å². The number of hydrogen-bond acceptors (Lipinski definition) is 5. The standard InChI is InChI=1S/C15H27NO5/c1-6-19-11(2)13(17)20-12-8-7-9-16(10-12)14(18)21-15(3,4)5/h11-12H,6-10H2,1-5H3. The van der Waals surface area contributed by atoms with Crippen LogP contribution in [0.4, 0.5) is 4.79 Å². The van der Waals surface area contributed by atoms with E-state index in [1.165, 1.54) is 0 Å². The molecule has 0 spiro atoms. The summed E-state index contributed by atoms with van der Waals surface area (Å²) in [4.78, 5) is 25.4. The Labute approximate surface area is 126 Å². The first-order valence-electron chi connectivity index (χ1n) is 7.53. The van der Waals surface area contributed by atoms with Gasteiger partial charge in [0.15, 0.2) is 6.10 Å². The second-order valence-electron chi connectivity index (χ2n) is 6.23. The molecule has 122 valence electrons. The summed E-state index contributed by atoms with van der Waals surface area (Å²) < 4.78 is 15.9. The molecule has 0 bridgehead atoms. The molecule has 0 N–H and O–H groups in total. The molecule has 1 rings (SSSR count). The molecular weight excluding hydrogens is 274 g/mol. The number of hydrogen-bond donors (Lipinski definition) is 0. The lowest BCUT2D eigenvalue weighted by Gasteiger charge is -2.34. The van der Waals surface area contributed by atoms with E-state index in [-0.39, 0.29) is 18.2 Å². The second-order valence-corrected chi connectivity index (χ2v) is 6.23. The summed E-state index contributed by atoms with van der Waals surface area (Å²) in [5.74, 6) is -0.382. The Morgan fingerprint density at radius 2 is 2.00 bits per heavy atom. The van der Waals surface area contributed by atoms with Gasteiger partial charge in [0, 0.05) is 13.2 Å². The van der Waals surface area contributed by atoms with Crippen LogP contribution in [0, 0.1) is 0 Å². The van der Waals surface area contributed by atoms with E-state index < -0.39 is 11.7 Å². The van der Waals surface area contributed by atoms with Gasteiger partial charge in [0.2, 0.25) is 0 Å². The largest absolute Gasteiger partial charge is 0.459 e. The van der Waals surface area contributed by atoms with E-state index in [1.54, 1.807) is 11.8 Å². The molecule has 1 aliphatic rings. The molecule has 0 aromatic heterocycles. The highest BCUT2D eigenvalue weighted by Gasteiger charge is 2.30. The zero-order valence-electron chi connectivity index (χ0n) is 13.7. The van der Waals surface area contributed by atoms with Crippen LogP contribution in [-0.2, 0) is 19.0 Å². The van der Waals surface area contributed by atoms with Gasteiger partial charge in [0.05, 0.1) is 6.54 Å². The highest BCUT2D eigenvalue weighted by molar-refractivity contribution is 5.74. The predicted octanol–water partition coefficient (Wildman–Crippen LogP) is 2.35. The minimum Gasteiger partial charge on any atom is -0.459 e. The fourth-order valence-electron chi connectivity index (χ4n) is 2.10. The Balaban J connectivity index is 2.48. The van der Waals surface area contributed by atoms with Crippen LogP contribution in [-0.4, -0.2) is 54.5 Å². The zero-order chi connectivity index (χ0) is 16.0. The average molecular weight is 301 g/mol. The van der Waals surface area contributed by atoms with E-state index >= 15 is 0 Å². The number of rotatable bonds is 4. The topological polar surface area (TPSA) is 65.1 Å². The molecule has 21 heavy (non-hydrogen) atoms. The molecule has 6 nitrogen and oxygen atoms in total. The molecule has 0 saturated carbocycles. The molecule has 1 aliphatic heterocycles. The number of nitrogens with zero attached hydrogens (tertiary/aromatic N) is 1. The molecule has 1 fully saturated rings. The first kappa shape index (κ1) is 17.8. The molecular formula is C15H27NO5. The summed E-state index contributed by atoms with van der Waals surface area (Å²) in [6.07, 6.45) is 0.319. The van der Waals surface area contributed by atoms with Gasteiger partial charge < -0.3 is 19.1 Å². The summed E-state index contributed by atoms with van der Waals surface area (Å²) >= 11 is 0. The molecule has 0 radical (unpaired) electrons. The maximum absolute atomic E-state index is 12.0. The van der Waals surface area contributed by atoms with Crippen LogP contribution in [0.15, 0.2) is 0 Å². The normalized spacial score (nSPS) is 20.8. The molecule has 0 aliphatic carbocycles. The van der Waals surface area contributed by atoms with Gasteiger partial charge in [-0.25, -0.2) is 9.59 Å². The van der Waals surface area contributed by atoms with Crippen LogP contribution >= 0.6 is 0 Å². The number of carbonyl (C=O) groups is 2. The SMILES string of the molecule is CCOC(C)C(=O)OC1CCCN(C(=O)OC(C)(C)C)C1. The van der Waals surface area contributed by atoms with Crippen molar-refractivity contribution in [3.05, 3.63) is 0 Å². The minimum atomic E-state index is -0.577. The number of carbonyl (C=O) groups excluding carboxylic acids is 2. The van der Waals surface area contributed by atoms with Crippen molar-refractivity contribution < 1.29 is 23.8 Å². The lowest BCUT2D eigenvalue weighted by Crippen LogP contribution is -2.46. The predicted molar refractivity (Wildman–Crippen MR) is 78.0 cm³/mol. The van der Waals surface area contributed by atoms with E-state index in [0.29, 0.717) is 19.7 Å². The Morgan fingerprint density at radius 1 is 1.33 bits per heavy atom. The summed E-state index contributed by atoms with van der Waals surface area (Å²) in [7, 11) is 0. The second kappa shape index (κ2) is 7.64. The van der Waals surface area contributed by atoms with Crippen LogP contribution < -0.4 is 0 Å². The third-order valence-electron chi connectivity index (χ3n) is 3.06. The van der Waals surface area contributed by atoms with E-state index in [1.807, 2.05) is 27.7 Å².